The fraction of sp³-hybridized carbons (Fsp3) is 0.200. The molecule has 106 valence electrons. The molecule has 2 nitrogen and oxygen atoms in total. The highest BCUT2D eigenvalue weighted by molar-refractivity contribution is 6.31. The van der Waals surface area contributed by atoms with E-state index in [1.165, 1.54) is 12.1 Å². The number of aliphatic hydroxyl groups excluding tert-OH is 1. The molecule has 0 heterocycles. The highest BCUT2D eigenvalue weighted by Crippen LogP contribution is 2.29. The van der Waals surface area contributed by atoms with E-state index >= 15 is 0 Å². The SMILES string of the molecule is C[C@H](O)c1cc(Cl)ccc1OCc1ccc(F)cc1Cl. The first kappa shape index (κ1) is 15.1. The zero-order valence-electron chi connectivity index (χ0n) is 10.7. The molecule has 0 aromatic heterocycles. The number of ether oxygens (including phenoxy) is 1. The maximum absolute atomic E-state index is 13.0. The molecule has 0 unspecified atom stereocenters. The van der Waals surface area contributed by atoms with E-state index in [0.29, 0.717) is 26.9 Å². The Kier molecular flexibility index (Phi) is 4.86. The Morgan fingerprint density at radius 3 is 2.60 bits per heavy atom. The Morgan fingerprint density at radius 2 is 1.95 bits per heavy atom. The maximum Gasteiger partial charge on any atom is 0.125 e. The first-order chi connectivity index (χ1) is 9.47. The fourth-order valence-electron chi connectivity index (χ4n) is 1.77. The van der Waals surface area contributed by atoms with E-state index in [9.17, 15) is 9.50 Å². The Bertz CT molecular complexity index is 615. The highest BCUT2D eigenvalue weighted by Gasteiger charge is 2.11. The normalized spacial score (nSPS) is 12.2. The number of benzene rings is 2. The molecule has 0 aliphatic carbocycles. The Balaban J connectivity index is 2.18. The van der Waals surface area contributed by atoms with Crippen LogP contribution in [0.25, 0.3) is 0 Å². The summed E-state index contributed by atoms with van der Waals surface area (Å²) in [6.07, 6.45) is -0.701. The average molecular weight is 315 g/mol. The predicted octanol–water partition coefficient (Wildman–Crippen LogP) is 4.76. The number of halogens is 3. The number of hydrogen-bond donors (Lipinski definition) is 1. The third-order valence-electron chi connectivity index (χ3n) is 2.82. The van der Waals surface area contributed by atoms with Gasteiger partial charge in [-0.2, -0.15) is 0 Å². The van der Waals surface area contributed by atoms with E-state index < -0.39 is 11.9 Å². The topological polar surface area (TPSA) is 29.5 Å². The van der Waals surface area contributed by atoms with Gasteiger partial charge in [0.2, 0.25) is 0 Å². The molecule has 0 spiro atoms. The fourth-order valence-corrected chi connectivity index (χ4v) is 2.17. The summed E-state index contributed by atoms with van der Waals surface area (Å²) < 4.78 is 18.6. The van der Waals surface area contributed by atoms with Gasteiger partial charge in [0.1, 0.15) is 18.2 Å². The zero-order valence-corrected chi connectivity index (χ0v) is 12.2. The molecule has 0 bridgehead atoms. The van der Waals surface area contributed by atoms with Gasteiger partial charge in [-0.1, -0.05) is 29.3 Å². The number of rotatable bonds is 4. The summed E-state index contributed by atoms with van der Waals surface area (Å²) in [6, 6.07) is 9.13. The Hall–Kier alpha value is -1.29. The summed E-state index contributed by atoms with van der Waals surface area (Å²) in [7, 11) is 0. The van der Waals surface area contributed by atoms with Crippen molar-refractivity contribution >= 4 is 23.2 Å². The number of hydrogen-bond acceptors (Lipinski definition) is 2. The van der Waals surface area contributed by atoms with E-state index in [1.807, 2.05) is 0 Å². The van der Waals surface area contributed by atoms with Crippen LogP contribution in [-0.2, 0) is 6.61 Å². The van der Waals surface area contributed by atoms with Crippen LogP contribution >= 0.6 is 23.2 Å². The zero-order chi connectivity index (χ0) is 14.7. The van der Waals surface area contributed by atoms with Gasteiger partial charge in [-0.3, -0.25) is 0 Å². The first-order valence-corrected chi connectivity index (χ1v) is 6.77. The largest absolute Gasteiger partial charge is 0.488 e. The lowest BCUT2D eigenvalue weighted by Crippen LogP contribution is -2.01. The number of aliphatic hydroxyl groups is 1. The lowest BCUT2D eigenvalue weighted by molar-refractivity contribution is 0.190. The lowest BCUT2D eigenvalue weighted by Gasteiger charge is -2.14. The van der Waals surface area contributed by atoms with Gasteiger partial charge in [-0.25, -0.2) is 4.39 Å². The minimum absolute atomic E-state index is 0.181. The second-order valence-corrected chi connectivity index (χ2v) is 5.23. The van der Waals surface area contributed by atoms with Crippen LogP contribution < -0.4 is 4.74 Å². The third kappa shape index (κ3) is 3.63. The molecule has 0 saturated carbocycles. The predicted molar refractivity (Wildman–Crippen MR) is 77.8 cm³/mol. The van der Waals surface area contributed by atoms with Crippen molar-refractivity contribution in [2.45, 2.75) is 19.6 Å². The molecule has 2 rings (SSSR count). The van der Waals surface area contributed by atoms with Gasteiger partial charge in [0.15, 0.2) is 0 Å². The van der Waals surface area contributed by atoms with E-state index in [0.717, 1.165) is 0 Å². The van der Waals surface area contributed by atoms with E-state index in [-0.39, 0.29) is 6.61 Å². The van der Waals surface area contributed by atoms with Crippen LogP contribution in [0.5, 0.6) is 5.75 Å². The monoisotopic (exact) mass is 314 g/mol. The van der Waals surface area contributed by atoms with Crippen LogP contribution in [0.2, 0.25) is 10.0 Å². The van der Waals surface area contributed by atoms with Gasteiger partial charge in [0, 0.05) is 16.1 Å². The summed E-state index contributed by atoms with van der Waals surface area (Å²) in [4.78, 5) is 0. The molecule has 20 heavy (non-hydrogen) atoms. The van der Waals surface area contributed by atoms with Crippen LogP contribution in [0.4, 0.5) is 4.39 Å². The van der Waals surface area contributed by atoms with Gasteiger partial charge in [-0.15, -0.1) is 0 Å². The molecule has 0 fully saturated rings. The van der Waals surface area contributed by atoms with E-state index in [2.05, 4.69) is 0 Å². The highest BCUT2D eigenvalue weighted by atomic mass is 35.5. The van der Waals surface area contributed by atoms with Crippen molar-refractivity contribution in [3.8, 4) is 5.75 Å². The smallest absolute Gasteiger partial charge is 0.125 e. The maximum atomic E-state index is 13.0. The molecular weight excluding hydrogens is 302 g/mol. The minimum Gasteiger partial charge on any atom is -0.488 e. The lowest BCUT2D eigenvalue weighted by atomic mass is 10.1. The summed E-state index contributed by atoms with van der Waals surface area (Å²) in [5.74, 6) is 0.125. The summed E-state index contributed by atoms with van der Waals surface area (Å²) in [5, 5.41) is 10.5. The van der Waals surface area contributed by atoms with Crippen molar-refractivity contribution in [2.75, 3.05) is 0 Å². The molecule has 0 radical (unpaired) electrons. The third-order valence-corrected chi connectivity index (χ3v) is 3.41. The van der Waals surface area contributed by atoms with Crippen LogP contribution in [-0.4, -0.2) is 5.11 Å². The molecule has 2 aromatic rings. The molecule has 0 amide bonds. The van der Waals surface area contributed by atoms with Crippen LogP contribution in [0, 0.1) is 5.82 Å². The molecule has 2 aromatic carbocycles. The Labute approximate surface area is 126 Å². The Morgan fingerprint density at radius 1 is 1.20 bits per heavy atom. The second kappa shape index (κ2) is 6.44. The van der Waals surface area contributed by atoms with Crippen LogP contribution in [0.3, 0.4) is 0 Å². The van der Waals surface area contributed by atoms with Gasteiger partial charge < -0.3 is 9.84 Å². The van der Waals surface area contributed by atoms with Crippen molar-refractivity contribution < 1.29 is 14.2 Å². The average Bonchev–Trinajstić information content (AvgIpc) is 2.38. The van der Waals surface area contributed by atoms with Crippen molar-refractivity contribution in [3.05, 3.63) is 63.4 Å². The first-order valence-electron chi connectivity index (χ1n) is 6.01. The molecule has 1 atom stereocenters. The second-order valence-electron chi connectivity index (χ2n) is 4.38. The molecule has 0 saturated heterocycles. The van der Waals surface area contributed by atoms with Gasteiger partial charge in [0.05, 0.1) is 11.1 Å². The van der Waals surface area contributed by atoms with Crippen LogP contribution in [0.15, 0.2) is 36.4 Å². The molecule has 5 heteroatoms. The van der Waals surface area contributed by atoms with Crippen molar-refractivity contribution in [2.24, 2.45) is 0 Å². The minimum atomic E-state index is -0.701. The van der Waals surface area contributed by atoms with Crippen molar-refractivity contribution in [3.63, 3.8) is 0 Å². The van der Waals surface area contributed by atoms with Crippen molar-refractivity contribution in [1.82, 2.24) is 0 Å². The van der Waals surface area contributed by atoms with E-state index in [1.54, 1.807) is 31.2 Å². The van der Waals surface area contributed by atoms with Gasteiger partial charge >= 0.3 is 0 Å². The van der Waals surface area contributed by atoms with Crippen LogP contribution in [0.1, 0.15) is 24.2 Å². The quantitative estimate of drug-likeness (QED) is 0.881. The molecule has 1 N–H and O–H groups in total. The molecule has 0 aliphatic heterocycles. The summed E-state index contributed by atoms with van der Waals surface area (Å²) in [5.41, 5.74) is 1.26. The molecular formula is C15H13Cl2FO2. The molecule has 0 aliphatic rings. The summed E-state index contributed by atoms with van der Waals surface area (Å²) >= 11 is 11.8. The summed E-state index contributed by atoms with van der Waals surface area (Å²) in [6.45, 7) is 1.81. The standard InChI is InChI=1S/C15H13Cl2FO2/c1-9(19)13-6-11(16)3-5-15(13)20-8-10-2-4-12(18)7-14(10)17/h2-7,9,19H,8H2,1H3/t9-/m0/s1. The van der Waals surface area contributed by atoms with Crippen molar-refractivity contribution in [1.29, 1.82) is 0 Å². The van der Waals surface area contributed by atoms with E-state index in [4.69, 9.17) is 27.9 Å². The van der Waals surface area contributed by atoms with Gasteiger partial charge in [0.25, 0.3) is 0 Å². The van der Waals surface area contributed by atoms with Gasteiger partial charge in [-0.05, 0) is 37.3 Å².